The van der Waals surface area contributed by atoms with Crippen molar-refractivity contribution in [3.8, 4) is 0 Å². The van der Waals surface area contributed by atoms with Crippen LogP contribution in [0.3, 0.4) is 0 Å². The third-order valence-corrected chi connectivity index (χ3v) is 5.05. The monoisotopic (exact) mass is 268 g/mol. The maximum atomic E-state index is 12.3. The predicted molar refractivity (Wildman–Crippen MR) is 72.0 cm³/mol. The van der Waals surface area contributed by atoms with E-state index in [0.29, 0.717) is 11.4 Å². The summed E-state index contributed by atoms with van der Waals surface area (Å²) in [6, 6.07) is 7.08. The number of benzene rings is 1. The third-order valence-electron chi connectivity index (χ3n) is 3.39. The second-order valence-corrected chi connectivity index (χ2v) is 6.77. The molecule has 0 aliphatic carbocycles. The van der Waals surface area contributed by atoms with E-state index in [1.54, 1.807) is 12.1 Å². The average Bonchev–Trinajstić information content (AvgIpc) is 2.75. The fourth-order valence-corrected chi connectivity index (χ4v) is 3.63. The van der Waals surface area contributed by atoms with Gasteiger partial charge < -0.3 is 5.32 Å². The van der Waals surface area contributed by atoms with Crippen LogP contribution in [0.15, 0.2) is 29.2 Å². The minimum Gasteiger partial charge on any atom is -0.315 e. The van der Waals surface area contributed by atoms with Crippen molar-refractivity contribution in [2.75, 3.05) is 13.1 Å². The molecule has 1 atom stereocenters. The van der Waals surface area contributed by atoms with Crippen molar-refractivity contribution in [3.63, 3.8) is 0 Å². The van der Waals surface area contributed by atoms with Crippen LogP contribution in [-0.2, 0) is 16.4 Å². The number of hydrogen-bond acceptors (Lipinski definition) is 3. The third kappa shape index (κ3) is 2.91. The maximum Gasteiger partial charge on any atom is 0.241 e. The summed E-state index contributed by atoms with van der Waals surface area (Å²) < 4.78 is 27.3. The minimum absolute atomic E-state index is 0.341. The Hall–Kier alpha value is -0.910. The molecule has 0 amide bonds. The molecular weight excluding hydrogens is 248 g/mol. The summed E-state index contributed by atoms with van der Waals surface area (Å²) in [4.78, 5) is 0.341. The van der Waals surface area contributed by atoms with E-state index in [9.17, 15) is 8.42 Å². The molecule has 1 aromatic rings. The van der Waals surface area contributed by atoms with Crippen LogP contribution >= 0.6 is 0 Å². The fourth-order valence-electron chi connectivity index (χ4n) is 2.19. The van der Waals surface area contributed by atoms with Crippen LogP contribution in [0.2, 0.25) is 0 Å². The first-order chi connectivity index (χ1) is 8.45. The highest BCUT2D eigenvalue weighted by atomic mass is 32.2. The Morgan fingerprint density at radius 2 is 2.00 bits per heavy atom. The van der Waals surface area contributed by atoms with Gasteiger partial charge in [-0.3, -0.25) is 0 Å². The summed E-state index contributed by atoms with van der Waals surface area (Å²) in [6.45, 7) is 5.52. The molecule has 1 heterocycles. The molecular formula is C13H20N2O2S. The Morgan fingerprint density at radius 1 is 1.33 bits per heavy atom. The van der Waals surface area contributed by atoms with Crippen LogP contribution in [-0.4, -0.2) is 27.0 Å². The normalized spacial score (nSPS) is 24.3. The van der Waals surface area contributed by atoms with Crippen LogP contribution in [0.25, 0.3) is 0 Å². The highest BCUT2D eigenvalue weighted by molar-refractivity contribution is 7.89. The van der Waals surface area contributed by atoms with Gasteiger partial charge in [-0.25, -0.2) is 13.1 Å². The van der Waals surface area contributed by atoms with Crippen molar-refractivity contribution in [2.45, 2.75) is 37.1 Å². The molecule has 1 saturated heterocycles. The average molecular weight is 268 g/mol. The van der Waals surface area contributed by atoms with E-state index in [1.165, 1.54) is 0 Å². The van der Waals surface area contributed by atoms with E-state index < -0.39 is 10.0 Å². The van der Waals surface area contributed by atoms with E-state index in [2.05, 4.69) is 10.0 Å². The minimum atomic E-state index is -3.42. The Kier molecular flexibility index (Phi) is 3.75. The van der Waals surface area contributed by atoms with Crippen LogP contribution in [0, 0.1) is 0 Å². The van der Waals surface area contributed by atoms with Gasteiger partial charge in [-0.2, -0.15) is 0 Å². The molecule has 0 spiro atoms. The largest absolute Gasteiger partial charge is 0.315 e. The van der Waals surface area contributed by atoms with Crippen molar-refractivity contribution in [3.05, 3.63) is 29.8 Å². The first kappa shape index (κ1) is 13.5. The summed E-state index contributed by atoms with van der Waals surface area (Å²) >= 11 is 0. The molecule has 0 radical (unpaired) electrons. The maximum absolute atomic E-state index is 12.3. The Balaban J connectivity index is 2.19. The van der Waals surface area contributed by atoms with E-state index in [1.807, 2.05) is 26.0 Å². The number of sulfonamides is 1. The smallest absolute Gasteiger partial charge is 0.241 e. The highest BCUT2D eigenvalue weighted by Gasteiger charge is 2.33. The number of hydrogen-bond donors (Lipinski definition) is 2. The van der Waals surface area contributed by atoms with Crippen LogP contribution < -0.4 is 10.0 Å². The standard InChI is InChI=1S/C13H20N2O2S/c1-3-11-4-6-12(7-5-11)18(16,17)15-13(2)8-9-14-10-13/h4-7,14-15H,3,8-10H2,1-2H3. The second kappa shape index (κ2) is 4.99. The molecule has 1 aliphatic rings. The van der Waals surface area contributed by atoms with E-state index in [-0.39, 0.29) is 5.54 Å². The molecule has 2 N–H and O–H groups in total. The van der Waals surface area contributed by atoms with Gasteiger partial charge in [0.25, 0.3) is 0 Å². The molecule has 1 unspecified atom stereocenters. The zero-order valence-electron chi connectivity index (χ0n) is 10.9. The lowest BCUT2D eigenvalue weighted by atomic mass is 10.0. The number of nitrogens with one attached hydrogen (secondary N) is 2. The quantitative estimate of drug-likeness (QED) is 0.865. The summed E-state index contributed by atoms with van der Waals surface area (Å²) in [5, 5.41) is 3.18. The zero-order chi connectivity index (χ0) is 13.2. The second-order valence-electron chi connectivity index (χ2n) is 5.09. The lowest BCUT2D eigenvalue weighted by Gasteiger charge is -2.24. The van der Waals surface area contributed by atoms with Gasteiger partial charge in [0.05, 0.1) is 4.90 Å². The van der Waals surface area contributed by atoms with E-state index in [4.69, 9.17) is 0 Å². The van der Waals surface area contributed by atoms with Gasteiger partial charge in [-0.05, 0) is 44.0 Å². The van der Waals surface area contributed by atoms with Crippen molar-refractivity contribution < 1.29 is 8.42 Å². The van der Waals surface area contributed by atoms with Gasteiger partial charge in [0.2, 0.25) is 10.0 Å². The van der Waals surface area contributed by atoms with Gasteiger partial charge in [-0.15, -0.1) is 0 Å². The van der Waals surface area contributed by atoms with E-state index in [0.717, 1.165) is 24.9 Å². The lowest BCUT2D eigenvalue weighted by molar-refractivity contribution is 0.452. The van der Waals surface area contributed by atoms with Gasteiger partial charge >= 0.3 is 0 Å². The molecule has 0 aromatic heterocycles. The summed E-state index contributed by atoms with van der Waals surface area (Å²) in [7, 11) is -3.42. The fraction of sp³-hybridized carbons (Fsp3) is 0.538. The summed E-state index contributed by atoms with van der Waals surface area (Å²) in [6.07, 6.45) is 1.73. The van der Waals surface area contributed by atoms with Gasteiger partial charge in [0.1, 0.15) is 0 Å². The van der Waals surface area contributed by atoms with Crippen LogP contribution in [0.1, 0.15) is 25.8 Å². The van der Waals surface area contributed by atoms with Gasteiger partial charge in [-0.1, -0.05) is 19.1 Å². The highest BCUT2D eigenvalue weighted by Crippen LogP contribution is 2.18. The zero-order valence-corrected chi connectivity index (χ0v) is 11.7. The molecule has 1 fully saturated rings. The molecule has 5 heteroatoms. The van der Waals surface area contributed by atoms with Gasteiger partial charge in [0, 0.05) is 12.1 Å². The molecule has 4 nitrogen and oxygen atoms in total. The molecule has 0 bridgehead atoms. The van der Waals surface area contributed by atoms with Crippen molar-refractivity contribution in [2.24, 2.45) is 0 Å². The van der Waals surface area contributed by atoms with E-state index >= 15 is 0 Å². The Morgan fingerprint density at radius 3 is 2.50 bits per heavy atom. The lowest BCUT2D eigenvalue weighted by Crippen LogP contribution is -2.47. The predicted octanol–water partition coefficient (Wildman–Crippen LogP) is 1.28. The molecule has 0 saturated carbocycles. The molecule has 100 valence electrons. The molecule has 1 aromatic carbocycles. The molecule has 1 aliphatic heterocycles. The summed E-state index contributed by atoms with van der Waals surface area (Å²) in [5.41, 5.74) is 0.769. The SMILES string of the molecule is CCc1ccc(S(=O)(=O)NC2(C)CCNC2)cc1. The first-order valence-corrected chi connectivity index (χ1v) is 7.77. The van der Waals surface area contributed by atoms with Gasteiger partial charge in [0.15, 0.2) is 0 Å². The topological polar surface area (TPSA) is 58.2 Å². The van der Waals surface area contributed by atoms with Crippen LogP contribution in [0.4, 0.5) is 0 Å². The van der Waals surface area contributed by atoms with Crippen molar-refractivity contribution in [1.29, 1.82) is 0 Å². The van der Waals surface area contributed by atoms with Crippen LogP contribution in [0.5, 0.6) is 0 Å². The van der Waals surface area contributed by atoms with Crippen molar-refractivity contribution >= 4 is 10.0 Å². The number of rotatable bonds is 4. The molecule has 18 heavy (non-hydrogen) atoms. The number of aryl methyl sites for hydroxylation is 1. The Bertz CT molecular complexity index is 502. The summed E-state index contributed by atoms with van der Waals surface area (Å²) in [5.74, 6) is 0. The Labute approximate surface area is 109 Å². The molecule has 2 rings (SSSR count). The first-order valence-electron chi connectivity index (χ1n) is 6.29. The van der Waals surface area contributed by atoms with Crippen molar-refractivity contribution in [1.82, 2.24) is 10.0 Å².